The minimum absolute atomic E-state index is 0.0116. The summed E-state index contributed by atoms with van der Waals surface area (Å²) in [6, 6.07) is 2.96. The fourth-order valence-electron chi connectivity index (χ4n) is 4.41. The molecule has 2 fully saturated rings. The Morgan fingerprint density at radius 1 is 1.13 bits per heavy atom. The first-order chi connectivity index (χ1) is 14.6. The number of halogens is 2. The zero-order valence-electron chi connectivity index (χ0n) is 18.8. The van der Waals surface area contributed by atoms with Gasteiger partial charge in [-0.2, -0.15) is 0 Å². The molecular formula is C23H33F2N3O3. The lowest BCUT2D eigenvalue weighted by atomic mass is 9.94. The zero-order chi connectivity index (χ0) is 22.8. The van der Waals surface area contributed by atoms with Gasteiger partial charge in [0.05, 0.1) is 17.8 Å². The SMILES string of the molecule is CC1CN(C(C)(C)CNC(=O)C2CCN(C(=O)c3ccc(F)cc3F)CC2)CC(C)O1. The van der Waals surface area contributed by atoms with Crippen LogP contribution in [0.2, 0.25) is 0 Å². The van der Waals surface area contributed by atoms with Crippen molar-refractivity contribution in [2.75, 3.05) is 32.7 Å². The second kappa shape index (κ2) is 9.61. The van der Waals surface area contributed by atoms with Crippen molar-refractivity contribution >= 4 is 11.8 Å². The third kappa shape index (κ3) is 5.80. The number of hydrogen-bond donors (Lipinski definition) is 1. The summed E-state index contributed by atoms with van der Waals surface area (Å²) >= 11 is 0. The van der Waals surface area contributed by atoms with Gasteiger partial charge in [-0.15, -0.1) is 0 Å². The maximum Gasteiger partial charge on any atom is 0.256 e. The lowest BCUT2D eigenvalue weighted by molar-refractivity contribution is -0.128. The molecule has 1 aromatic rings. The molecule has 8 heteroatoms. The number of ether oxygens (including phenoxy) is 1. The summed E-state index contributed by atoms with van der Waals surface area (Å²) in [5, 5.41) is 3.08. The molecule has 0 spiro atoms. The number of rotatable bonds is 5. The summed E-state index contributed by atoms with van der Waals surface area (Å²) in [5.41, 5.74) is -0.335. The summed E-state index contributed by atoms with van der Waals surface area (Å²) in [6.45, 7) is 11.3. The van der Waals surface area contributed by atoms with Crippen LogP contribution in [-0.4, -0.2) is 72.1 Å². The highest BCUT2D eigenvalue weighted by molar-refractivity contribution is 5.94. The van der Waals surface area contributed by atoms with Crippen LogP contribution in [0.4, 0.5) is 8.78 Å². The van der Waals surface area contributed by atoms with E-state index in [2.05, 4.69) is 37.9 Å². The van der Waals surface area contributed by atoms with Gasteiger partial charge in [-0.05, 0) is 52.7 Å². The zero-order valence-corrected chi connectivity index (χ0v) is 18.8. The molecule has 0 bridgehead atoms. The molecule has 1 aromatic carbocycles. The minimum Gasteiger partial charge on any atom is -0.373 e. The number of nitrogens with zero attached hydrogens (tertiary/aromatic N) is 2. The Morgan fingerprint density at radius 3 is 2.32 bits per heavy atom. The van der Waals surface area contributed by atoms with Gasteiger partial charge in [-0.3, -0.25) is 14.5 Å². The van der Waals surface area contributed by atoms with Crippen LogP contribution in [0, 0.1) is 17.6 Å². The molecule has 2 saturated heterocycles. The van der Waals surface area contributed by atoms with Crippen molar-refractivity contribution in [2.45, 2.75) is 58.3 Å². The second-order valence-electron chi connectivity index (χ2n) is 9.38. The van der Waals surface area contributed by atoms with E-state index in [0.29, 0.717) is 38.5 Å². The number of carbonyl (C=O) groups excluding carboxylic acids is 2. The van der Waals surface area contributed by atoms with Crippen LogP contribution >= 0.6 is 0 Å². The van der Waals surface area contributed by atoms with Crippen LogP contribution in [0.1, 0.15) is 50.9 Å². The highest BCUT2D eigenvalue weighted by Gasteiger charge is 2.35. The molecular weight excluding hydrogens is 404 g/mol. The summed E-state index contributed by atoms with van der Waals surface area (Å²) < 4.78 is 32.8. The molecule has 2 unspecified atom stereocenters. The molecule has 2 aliphatic heterocycles. The summed E-state index contributed by atoms with van der Waals surface area (Å²) in [5.74, 6) is -2.23. The van der Waals surface area contributed by atoms with Crippen LogP contribution in [0.25, 0.3) is 0 Å². The van der Waals surface area contributed by atoms with Crippen LogP contribution in [0.15, 0.2) is 18.2 Å². The molecule has 0 aromatic heterocycles. The molecule has 2 amide bonds. The Kier molecular flexibility index (Phi) is 7.31. The molecule has 1 N–H and O–H groups in total. The van der Waals surface area contributed by atoms with Gasteiger partial charge in [-0.1, -0.05) is 0 Å². The Hall–Kier alpha value is -2.06. The number of likely N-dealkylation sites (tertiary alicyclic amines) is 1. The van der Waals surface area contributed by atoms with Crippen LogP contribution in [0.3, 0.4) is 0 Å². The number of hydrogen-bond acceptors (Lipinski definition) is 4. The average molecular weight is 438 g/mol. The van der Waals surface area contributed by atoms with E-state index in [0.717, 1.165) is 19.2 Å². The number of morpholine rings is 1. The van der Waals surface area contributed by atoms with Crippen molar-refractivity contribution in [1.82, 2.24) is 15.1 Å². The normalized spacial score (nSPS) is 23.6. The van der Waals surface area contributed by atoms with Gasteiger partial charge >= 0.3 is 0 Å². The van der Waals surface area contributed by atoms with Gasteiger partial charge in [0.1, 0.15) is 11.6 Å². The number of piperidine rings is 1. The third-order valence-electron chi connectivity index (χ3n) is 6.29. The fourth-order valence-corrected chi connectivity index (χ4v) is 4.41. The average Bonchev–Trinajstić information content (AvgIpc) is 2.71. The predicted octanol–water partition coefficient (Wildman–Crippen LogP) is 2.82. The van der Waals surface area contributed by atoms with E-state index >= 15 is 0 Å². The Labute approximate surface area is 182 Å². The third-order valence-corrected chi connectivity index (χ3v) is 6.29. The molecule has 31 heavy (non-hydrogen) atoms. The van der Waals surface area contributed by atoms with Crippen LogP contribution in [0.5, 0.6) is 0 Å². The Balaban J connectivity index is 1.49. The van der Waals surface area contributed by atoms with E-state index in [-0.39, 0.29) is 35.1 Å². The first kappa shape index (κ1) is 23.6. The molecule has 2 aliphatic rings. The van der Waals surface area contributed by atoms with E-state index in [1.807, 2.05) is 0 Å². The highest BCUT2D eigenvalue weighted by atomic mass is 19.1. The van der Waals surface area contributed by atoms with Crippen molar-refractivity contribution in [3.8, 4) is 0 Å². The number of nitrogens with one attached hydrogen (secondary N) is 1. The molecule has 0 saturated carbocycles. The summed E-state index contributed by atoms with van der Waals surface area (Å²) in [4.78, 5) is 29.2. The van der Waals surface area contributed by atoms with Gasteiger partial charge < -0.3 is 15.0 Å². The molecule has 172 valence electrons. The van der Waals surface area contributed by atoms with Crippen molar-refractivity contribution in [2.24, 2.45) is 5.92 Å². The molecule has 2 atom stereocenters. The van der Waals surface area contributed by atoms with Gasteiger partial charge in [0, 0.05) is 50.2 Å². The molecule has 6 nitrogen and oxygen atoms in total. The van der Waals surface area contributed by atoms with Crippen molar-refractivity contribution in [1.29, 1.82) is 0 Å². The first-order valence-corrected chi connectivity index (χ1v) is 11.0. The maximum atomic E-state index is 13.9. The van der Waals surface area contributed by atoms with Crippen LogP contribution < -0.4 is 5.32 Å². The second-order valence-corrected chi connectivity index (χ2v) is 9.38. The Morgan fingerprint density at radius 2 is 1.74 bits per heavy atom. The number of benzene rings is 1. The van der Waals surface area contributed by atoms with E-state index in [1.165, 1.54) is 11.0 Å². The monoisotopic (exact) mass is 437 g/mol. The topological polar surface area (TPSA) is 61.9 Å². The maximum absolute atomic E-state index is 13.9. The number of amides is 2. The van der Waals surface area contributed by atoms with E-state index in [4.69, 9.17) is 4.74 Å². The lowest BCUT2D eigenvalue weighted by Gasteiger charge is -2.45. The van der Waals surface area contributed by atoms with E-state index < -0.39 is 17.5 Å². The van der Waals surface area contributed by atoms with Gasteiger partial charge in [0.15, 0.2) is 0 Å². The van der Waals surface area contributed by atoms with Crippen molar-refractivity contribution in [3.63, 3.8) is 0 Å². The largest absolute Gasteiger partial charge is 0.373 e. The summed E-state index contributed by atoms with van der Waals surface area (Å²) in [7, 11) is 0. The van der Waals surface area contributed by atoms with Gasteiger partial charge in [-0.25, -0.2) is 8.78 Å². The molecule has 0 aliphatic carbocycles. The summed E-state index contributed by atoms with van der Waals surface area (Å²) in [6.07, 6.45) is 1.36. The highest BCUT2D eigenvalue weighted by Crippen LogP contribution is 2.23. The van der Waals surface area contributed by atoms with E-state index in [9.17, 15) is 18.4 Å². The smallest absolute Gasteiger partial charge is 0.256 e. The van der Waals surface area contributed by atoms with Crippen LogP contribution in [-0.2, 0) is 9.53 Å². The van der Waals surface area contributed by atoms with Gasteiger partial charge in [0.2, 0.25) is 5.91 Å². The molecule has 0 radical (unpaired) electrons. The van der Waals surface area contributed by atoms with Crippen molar-refractivity contribution < 1.29 is 23.1 Å². The standard InChI is InChI=1S/C23H33F2N3O3/c1-15-12-28(13-16(2)31-15)23(3,4)14-26-21(29)17-7-9-27(10-8-17)22(30)19-6-5-18(24)11-20(19)25/h5-6,11,15-17H,7-10,12-14H2,1-4H3,(H,26,29). The minimum atomic E-state index is -0.862. The molecule has 3 rings (SSSR count). The van der Waals surface area contributed by atoms with Crippen molar-refractivity contribution in [3.05, 3.63) is 35.4 Å². The first-order valence-electron chi connectivity index (χ1n) is 11.0. The lowest BCUT2D eigenvalue weighted by Crippen LogP contribution is -2.59. The van der Waals surface area contributed by atoms with Gasteiger partial charge in [0.25, 0.3) is 5.91 Å². The Bertz CT molecular complexity index is 799. The molecule has 2 heterocycles. The fraction of sp³-hybridized carbons (Fsp3) is 0.652. The predicted molar refractivity (Wildman–Crippen MR) is 114 cm³/mol. The quantitative estimate of drug-likeness (QED) is 0.770. The van der Waals surface area contributed by atoms with E-state index in [1.54, 1.807) is 0 Å². The number of carbonyl (C=O) groups is 2.